The van der Waals surface area contributed by atoms with Gasteiger partial charge in [0.25, 0.3) is 11.8 Å². The quantitative estimate of drug-likeness (QED) is 0.533. The third-order valence-electron chi connectivity index (χ3n) is 5.70. The van der Waals surface area contributed by atoms with Crippen molar-refractivity contribution in [3.05, 3.63) is 62.8 Å². The number of ether oxygens (including phenoxy) is 3. The van der Waals surface area contributed by atoms with Gasteiger partial charge in [-0.1, -0.05) is 0 Å². The maximum Gasteiger partial charge on any atom is 0.289 e. The lowest BCUT2D eigenvalue weighted by Gasteiger charge is -2.25. The number of benzene rings is 1. The van der Waals surface area contributed by atoms with Crippen LogP contribution in [-0.2, 0) is 11.3 Å². The molecule has 2 amide bonds. The molecule has 1 saturated heterocycles. The van der Waals surface area contributed by atoms with E-state index in [0.717, 1.165) is 10.6 Å². The minimum atomic E-state index is -0.390. The van der Waals surface area contributed by atoms with Gasteiger partial charge in [-0.15, -0.1) is 11.3 Å². The lowest BCUT2D eigenvalue weighted by atomic mass is 10.2. The third kappa shape index (κ3) is 4.92. The zero-order valence-electron chi connectivity index (χ0n) is 19.6. The van der Waals surface area contributed by atoms with Crippen molar-refractivity contribution >= 4 is 23.2 Å². The van der Waals surface area contributed by atoms with E-state index >= 15 is 0 Å². The first-order chi connectivity index (χ1) is 16.4. The van der Waals surface area contributed by atoms with Crippen LogP contribution in [0, 0.1) is 13.8 Å². The van der Waals surface area contributed by atoms with E-state index in [4.69, 9.17) is 18.6 Å². The summed E-state index contributed by atoms with van der Waals surface area (Å²) in [6.07, 6.45) is 0. The third-order valence-corrected chi connectivity index (χ3v) is 6.80. The fraction of sp³-hybridized carbons (Fsp3) is 0.375. The van der Waals surface area contributed by atoms with E-state index in [1.54, 1.807) is 42.3 Å². The van der Waals surface area contributed by atoms with Crippen molar-refractivity contribution in [1.82, 2.24) is 9.47 Å². The number of hydrogen-bond donors (Lipinski definition) is 0. The molecule has 3 heterocycles. The molecule has 0 radical (unpaired) electrons. The summed E-state index contributed by atoms with van der Waals surface area (Å²) in [7, 11) is 3.06. The molecule has 0 atom stereocenters. The van der Waals surface area contributed by atoms with E-state index in [-0.39, 0.29) is 5.91 Å². The highest BCUT2D eigenvalue weighted by Gasteiger charge is 2.22. The van der Waals surface area contributed by atoms with Crippen LogP contribution in [0.4, 0.5) is 0 Å². The number of amides is 2. The zero-order valence-corrected chi connectivity index (χ0v) is 20.4. The van der Waals surface area contributed by atoms with Crippen molar-refractivity contribution in [3.63, 3.8) is 0 Å². The number of rotatable bonds is 6. The number of nitrogens with zero attached hydrogens (tertiary/aromatic N) is 3. The second-order valence-corrected chi connectivity index (χ2v) is 8.95. The summed E-state index contributed by atoms with van der Waals surface area (Å²) in [6, 6.07) is 8.41. The van der Waals surface area contributed by atoms with E-state index in [1.807, 2.05) is 18.4 Å². The number of methoxy groups -OCH3 is 2. The van der Waals surface area contributed by atoms with Crippen LogP contribution in [-0.4, -0.2) is 61.8 Å². The molecule has 0 N–H and O–H groups in total. The summed E-state index contributed by atoms with van der Waals surface area (Å²) in [4.78, 5) is 33.3. The average Bonchev–Trinajstić information content (AvgIpc) is 3.44. The van der Waals surface area contributed by atoms with Crippen molar-refractivity contribution in [1.29, 1.82) is 0 Å². The molecule has 1 aromatic carbocycles. The fourth-order valence-corrected chi connectivity index (χ4v) is 4.62. The number of aryl methyl sites for hydroxylation is 1. The van der Waals surface area contributed by atoms with Gasteiger partial charge in [0.2, 0.25) is 0 Å². The van der Waals surface area contributed by atoms with Crippen LogP contribution < -0.4 is 14.3 Å². The van der Waals surface area contributed by atoms with Gasteiger partial charge in [0.1, 0.15) is 5.76 Å². The van der Waals surface area contributed by atoms with Crippen molar-refractivity contribution in [2.75, 3.05) is 40.5 Å². The summed E-state index contributed by atoms with van der Waals surface area (Å²) in [5.74, 6) is 1.37. The van der Waals surface area contributed by atoms with E-state index in [1.165, 1.54) is 18.4 Å². The molecule has 0 spiro atoms. The highest BCUT2D eigenvalue weighted by Crippen LogP contribution is 2.27. The molecule has 9 nitrogen and oxygen atoms in total. The van der Waals surface area contributed by atoms with Crippen LogP contribution in [0.15, 0.2) is 39.7 Å². The first kappa shape index (κ1) is 23.8. The Morgan fingerprint density at radius 1 is 1.06 bits per heavy atom. The number of carbonyl (C=O) groups is 2. The van der Waals surface area contributed by atoms with Crippen LogP contribution in [0.1, 0.15) is 37.2 Å². The molecule has 1 fully saturated rings. The SMILES string of the molecule is COc1ccc(C(=O)N=c2sc(C)c(C)n2Cc2ccc(C(=O)N3CCOCC3)o2)cc1OC. The maximum atomic E-state index is 12.9. The molecular formula is C24H27N3O6S. The van der Waals surface area contributed by atoms with Crippen LogP contribution in [0.3, 0.4) is 0 Å². The number of carbonyl (C=O) groups excluding carboxylic acids is 2. The van der Waals surface area contributed by atoms with Gasteiger partial charge in [-0.25, -0.2) is 0 Å². The molecule has 180 valence electrons. The molecule has 2 aromatic heterocycles. The van der Waals surface area contributed by atoms with Gasteiger partial charge in [0.15, 0.2) is 22.1 Å². The summed E-state index contributed by atoms with van der Waals surface area (Å²) in [6.45, 7) is 6.45. The molecule has 0 aliphatic carbocycles. The van der Waals surface area contributed by atoms with Crippen molar-refractivity contribution < 1.29 is 28.2 Å². The van der Waals surface area contributed by atoms with Gasteiger partial charge < -0.3 is 28.1 Å². The summed E-state index contributed by atoms with van der Waals surface area (Å²) in [5, 5.41) is 0. The number of morpholine rings is 1. The Bertz CT molecular complexity index is 1270. The Morgan fingerprint density at radius 2 is 1.79 bits per heavy atom. The predicted octanol–water partition coefficient (Wildman–Crippen LogP) is 3.04. The average molecular weight is 486 g/mol. The van der Waals surface area contributed by atoms with Gasteiger partial charge in [-0.3, -0.25) is 9.59 Å². The van der Waals surface area contributed by atoms with E-state index in [2.05, 4.69) is 4.99 Å². The zero-order chi connectivity index (χ0) is 24.2. The minimum Gasteiger partial charge on any atom is -0.493 e. The summed E-state index contributed by atoms with van der Waals surface area (Å²) < 4.78 is 23.6. The molecule has 3 aromatic rings. The molecule has 0 unspecified atom stereocenters. The highest BCUT2D eigenvalue weighted by atomic mass is 32.1. The second kappa shape index (κ2) is 10.3. The van der Waals surface area contributed by atoms with Crippen molar-refractivity contribution in [3.8, 4) is 11.5 Å². The number of aromatic nitrogens is 1. The molecule has 0 saturated carbocycles. The molecule has 1 aliphatic heterocycles. The Balaban J connectivity index is 1.59. The largest absolute Gasteiger partial charge is 0.493 e. The lowest BCUT2D eigenvalue weighted by Crippen LogP contribution is -2.40. The Kier molecular flexibility index (Phi) is 7.18. The second-order valence-electron chi connectivity index (χ2n) is 7.77. The number of hydrogen-bond acceptors (Lipinski definition) is 7. The topological polar surface area (TPSA) is 95.5 Å². The van der Waals surface area contributed by atoms with E-state index < -0.39 is 5.91 Å². The van der Waals surface area contributed by atoms with Gasteiger partial charge in [-0.05, 0) is 44.2 Å². The highest BCUT2D eigenvalue weighted by molar-refractivity contribution is 7.09. The first-order valence-electron chi connectivity index (χ1n) is 10.8. The standard InChI is InChI=1S/C24H27N3O6S/c1-15-16(2)34-24(25-22(28)17-5-7-19(30-3)21(13-17)31-4)27(15)14-18-6-8-20(33-18)23(29)26-9-11-32-12-10-26/h5-8,13H,9-12,14H2,1-4H3. The van der Waals surface area contributed by atoms with Gasteiger partial charge in [0.05, 0.1) is 34.0 Å². The molecule has 10 heteroatoms. The van der Waals surface area contributed by atoms with Gasteiger partial charge >= 0.3 is 0 Å². The van der Waals surface area contributed by atoms with Gasteiger partial charge in [-0.2, -0.15) is 4.99 Å². The van der Waals surface area contributed by atoms with Crippen LogP contribution in [0.25, 0.3) is 0 Å². The van der Waals surface area contributed by atoms with Crippen molar-refractivity contribution in [2.45, 2.75) is 20.4 Å². The predicted molar refractivity (Wildman–Crippen MR) is 126 cm³/mol. The summed E-state index contributed by atoms with van der Waals surface area (Å²) >= 11 is 1.43. The molecule has 4 rings (SSSR count). The van der Waals surface area contributed by atoms with Crippen LogP contribution in [0.5, 0.6) is 11.5 Å². The normalized spacial score (nSPS) is 14.4. The fourth-order valence-electron chi connectivity index (χ4n) is 3.65. The maximum absolute atomic E-state index is 12.9. The monoisotopic (exact) mass is 485 g/mol. The summed E-state index contributed by atoms with van der Waals surface area (Å²) in [5.41, 5.74) is 1.37. The smallest absolute Gasteiger partial charge is 0.289 e. The van der Waals surface area contributed by atoms with Crippen LogP contribution in [0.2, 0.25) is 0 Å². The Hall–Kier alpha value is -3.37. The van der Waals surface area contributed by atoms with E-state index in [9.17, 15) is 9.59 Å². The lowest BCUT2D eigenvalue weighted by molar-refractivity contribution is 0.0281. The molecular weight excluding hydrogens is 458 g/mol. The van der Waals surface area contributed by atoms with Gasteiger partial charge in [0, 0.05) is 29.2 Å². The number of thiazole rings is 1. The molecule has 1 aliphatic rings. The Labute approximate surface area is 201 Å². The van der Waals surface area contributed by atoms with Crippen molar-refractivity contribution in [2.24, 2.45) is 4.99 Å². The number of furan rings is 1. The van der Waals surface area contributed by atoms with E-state index in [0.29, 0.717) is 66.2 Å². The first-order valence-corrected chi connectivity index (χ1v) is 11.7. The van der Waals surface area contributed by atoms with Crippen LogP contribution >= 0.6 is 11.3 Å². The minimum absolute atomic E-state index is 0.147. The molecule has 0 bridgehead atoms. The Morgan fingerprint density at radius 3 is 2.50 bits per heavy atom. The molecule has 34 heavy (non-hydrogen) atoms.